The summed E-state index contributed by atoms with van der Waals surface area (Å²) in [6, 6.07) is 14.6. The first kappa shape index (κ1) is 23.1. The molecular weight excluding hydrogens is 438 g/mol. The van der Waals surface area contributed by atoms with Crippen molar-refractivity contribution < 1.29 is 14.3 Å². The molecule has 33 heavy (non-hydrogen) atoms. The van der Waals surface area contributed by atoms with Gasteiger partial charge in [-0.1, -0.05) is 25.4 Å². The van der Waals surface area contributed by atoms with Crippen molar-refractivity contribution in [1.82, 2.24) is 14.7 Å². The number of carbonyl (C=O) groups excluding carboxylic acids is 2. The smallest absolute Gasteiger partial charge is 0.257 e. The van der Waals surface area contributed by atoms with Gasteiger partial charge in [-0.25, -0.2) is 4.68 Å². The lowest BCUT2D eigenvalue weighted by molar-refractivity contribution is 0.0649. The minimum absolute atomic E-state index is 0.0331. The van der Waals surface area contributed by atoms with Crippen LogP contribution in [0.4, 0.5) is 0 Å². The molecule has 0 aliphatic carbocycles. The predicted molar refractivity (Wildman–Crippen MR) is 129 cm³/mol. The summed E-state index contributed by atoms with van der Waals surface area (Å²) in [6.07, 6.45) is 2.96. The number of carbonyl (C=O) groups is 2. The Kier molecular flexibility index (Phi) is 6.84. The van der Waals surface area contributed by atoms with Gasteiger partial charge in [-0.15, -0.1) is 0 Å². The second kappa shape index (κ2) is 9.79. The lowest BCUT2D eigenvalue weighted by Crippen LogP contribution is -2.40. The third kappa shape index (κ3) is 4.81. The molecule has 0 bridgehead atoms. The molecule has 6 nitrogen and oxygen atoms in total. The largest absolute Gasteiger partial charge is 0.497 e. The summed E-state index contributed by atoms with van der Waals surface area (Å²) < 4.78 is 6.98. The van der Waals surface area contributed by atoms with Crippen LogP contribution in [0.15, 0.2) is 54.7 Å². The number of piperidine rings is 1. The van der Waals surface area contributed by atoms with E-state index >= 15 is 0 Å². The minimum atomic E-state index is -0.0798. The topological polar surface area (TPSA) is 64.4 Å². The second-order valence-corrected chi connectivity index (χ2v) is 9.08. The standard InChI is InChI=1S/C26H28ClN3O3/c1-17(2)24-23(16-28-30(24)21-8-6-20(27)7-9-21)26(32)29-14-12-19(13-15-29)25(31)18-4-10-22(33-3)11-5-18/h4-11,16-17,19H,12-15H2,1-3H3. The molecule has 2 heterocycles. The molecule has 0 unspecified atom stereocenters. The van der Waals surface area contributed by atoms with Gasteiger partial charge < -0.3 is 9.64 Å². The van der Waals surface area contributed by atoms with E-state index in [1.165, 1.54) is 0 Å². The van der Waals surface area contributed by atoms with Gasteiger partial charge in [0.15, 0.2) is 5.78 Å². The predicted octanol–water partition coefficient (Wildman–Crippen LogP) is 5.39. The van der Waals surface area contributed by atoms with Crippen LogP contribution >= 0.6 is 11.6 Å². The van der Waals surface area contributed by atoms with Crippen LogP contribution < -0.4 is 4.74 Å². The average molecular weight is 466 g/mol. The third-order valence-electron chi connectivity index (χ3n) is 6.18. The van der Waals surface area contributed by atoms with E-state index in [1.54, 1.807) is 37.6 Å². The van der Waals surface area contributed by atoms with Crippen LogP contribution in [-0.2, 0) is 0 Å². The fourth-order valence-electron chi connectivity index (χ4n) is 4.37. The monoisotopic (exact) mass is 465 g/mol. The van der Waals surface area contributed by atoms with E-state index in [9.17, 15) is 9.59 Å². The molecule has 1 aliphatic rings. The molecule has 4 rings (SSSR count). The third-order valence-corrected chi connectivity index (χ3v) is 6.43. The van der Waals surface area contributed by atoms with E-state index in [4.69, 9.17) is 16.3 Å². The molecule has 2 aromatic carbocycles. The van der Waals surface area contributed by atoms with Crippen LogP contribution in [0, 0.1) is 5.92 Å². The molecule has 0 saturated carbocycles. The van der Waals surface area contributed by atoms with Crippen molar-refractivity contribution in [2.45, 2.75) is 32.6 Å². The van der Waals surface area contributed by atoms with Gasteiger partial charge in [-0.2, -0.15) is 5.10 Å². The van der Waals surface area contributed by atoms with Crippen molar-refractivity contribution in [2.24, 2.45) is 5.92 Å². The van der Waals surface area contributed by atoms with Crippen LogP contribution in [0.2, 0.25) is 5.02 Å². The van der Waals surface area contributed by atoms with Crippen LogP contribution in [0.3, 0.4) is 0 Å². The Balaban J connectivity index is 1.47. The van der Waals surface area contributed by atoms with Gasteiger partial charge in [0.05, 0.1) is 30.3 Å². The maximum absolute atomic E-state index is 13.4. The summed E-state index contributed by atoms with van der Waals surface area (Å²) >= 11 is 6.03. The van der Waals surface area contributed by atoms with Crippen LogP contribution in [0.5, 0.6) is 5.75 Å². The number of methoxy groups -OCH3 is 1. The molecule has 1 amide bonds. The highest BCUT2D eigenvalue weighted by molar-refractivity contribution is 6.30. The molecular formula is C26H28ClN3O3. The van der Waals surface area contributed by atoms with Gasteiger partial charge >= 0.3 is 0 Å². The zero-order valence-corrected chi connectivity index (χ0v) is 19.9. The Morgan fingerprint density at radius 3 is 2.24 bits per heavy atom. The molecule has 0 atom stereocenters. The minimum Gasteiger partial charge on any atom is -0.497 e. The average Bonchev–Trinajstić information content (AvgIpc) is 3.29. The summed E-state index contributed by atoms with van der Waals surface area (Å²) in [5.41, 5.74) is 3.04. The first-order valence-corrected chi connectivity index (χ1v) is 11.6. The van der Waals surface area contributed by atoms with Gasteiger partial charge in [0.1, 0.15) is 5.75 Å². The van der Waals surface area contributed by atoms with Crippen molar-refractivity contribution in [2.75, 3.05) is 20.2 Å². The number of rotatable bonds is 6. The number of ketones is 1. The van der Waals surface area contributed by atoms with E-state index in [-0.39, 0.29) is 23.5 Å². The Hall–Kier alpha value is -3.12. The van der Waals surface area contributed by atoms with Crippen molar-refractivity contribution in [3.63, 3.8) is 0 Å². The number of ether oxygens (including phenoxy) is 1. The quantitative estimate of drug-likeness (QED) is 0.457. The highest BCUT2D eigenvalue weighted by Gasteiger charge is 2.31. The number of Topliss-reactive ketones (excluding diaryl/α,β-unsaturated/α-hetero) is 1. The molecule has 1 fully saturated rings. The number of nitrogens with zero attached hydrogens (tertiary/aromatic N) is 3. The number of hydrogen-bond acceptors (Lipinski definition) is 4. The lowest BCUT2D eigenvalue weighted by Gasteiger charge is -2.31. The van der Waals surface area contributed by atoms with Crippen LogP contribution in [-0.4, -0.2) is 46.6 Å². The molecule has 7 heteroatoms. The maximum atomic E-state index is 13.4. The van der Waals surface area contributed by atoms with Gasteiger partial charge in [0.25, 0.3) is 5.91 Å². The normalized spacial score (nSPS) is 14.5. The molecule has 1 aromatic heterocycles. The first-order valence-electron chi connectivity index (χ1n) is 11.2. The van der Waals surface area contributed by atoms with Crippen LogP contribution in [0.1, 0.15) is 59.0 Å². The lowest BCUT2D eigenvalue weighted by atomic mass is 9.88. The maximum Gasteiger partial charge on any atom is 0.257 e. The molecule has 3 aromatic rings. The Bertz CT molecular complexity index is 1130. The molecule has 1 saturated heterocycles. The SMILES string of the molecule is COc1ccc(C(=O)C2CCN(C(=O)c3cnn(-c4ccc(Cl)cc4)c3C(C)C)CC2)cc1. The Morgan fingerprint density at radius 1 is 1.03 bits per heavy atom. The van der Waals surface area contributed by atoms with Crippen molar-refractivity contribution >= 4 is 23.3 Å². The number of aromatic nitrogens is 2. The van der Waals surface area contributed by atoms with E-state index in [1.807, 2.05) is 33.8 Å². The summed E-state index contributed by atoms with van der Waals surface area (Å²) in [6.45, 7) is 5.21. The number of amides is 1. The summed E-state index contributed by atoms with van der Waals surface area (Å²) in [7, 11) is 1.60. The Labute approximate surface area is 199 Å². The van der Waals surface area contributed by atoms with E-state index in [0.29, 0.717) is 42.1 Å². The Morgan fingerprint density at radius 2 is 1.67 bits per heavy atom. The van der Waals surface area contributed by atoms with Crippen molar-refractivity contribution in [3.05, 3.63) is 76.6 Å². The summed E-state index contributed by atoms with van der Waals surface area (Å²) in [4.78, 5) is 28.1. The zero-order chi connectivity index (χ0) is 23.5. The van der Waals surface area contributed by atoms with E-state index in [0.717, 1.165) is 17.1 Å². The molecule has 0 N–H and O–H groups in total. The molecule has 0 radical (unpaired) electrons. The molecule has 1 aliphatic heterocycles. The molecule has 172 valence electrons. The van der Waals surface area contributed by atoms with Crippen molar-refractivity contribution in [1.29, 1.82) is 0 Å². The first-order chi connectivity index (χ1) is 15.9. The van der Waals surface area contributed by atoms with Gasteiger partial charge in [0.2, 0.25) is 0 Å². The highest BCUT2D eigenvalue weighted by atomic mass is 35.5. The van der Waals surface area contributed by atoms with E-state index in [2.05, 4.69) is 18.9 Å². The van der Waals surface area contributed by atoms with Gasteiger partial charge in [-0.3, -0.25) is 9.59 Å². The van der Waals surface area contributed by atoms with Gasteiger partial charge in [-0.05, 0) is 67.3 Å². The van der Waals surface area contributed by atoms with E-state index < -0.39 is 0 Å². The number of halogens is 1. The second-order valence-electron chi connectivity index (χ2n) is 8.65. The van der Waals surface area contributed by atoms with Crippen LogP contribution in [0.25, 0.3) is 5.69 Å². The van der Waals surface area contributed by atoms with Crippen molar-refractivity contribution in [3.8, 4) is 11.4 Å². The number of likely N-dealkylation sites (tertiary alicyclic amines) is 1. The zero-order valence-electron chi connectivity index (χ0n) is 19.1. The number of hydrogen-bond donors (Lipinski definition) is 0. The number of benzene rings is 2. The fraction of sp³-hybridized carbons (Fsp3) is 0.346. The molecule has 0 spiro atoms. The summed E-state index contributed by atoms with van der Waals surface area (Å²) in [5, 5.41) is 5.17. The highest BCUT2D eigenvalue weighted by Crippen LogP contribution is 2.28. The van der Waals surface area contributed by atoms with Gasteiger partial charge in [0, 0.05) is 29.6 Å². The summed E-state index contributed by atoms with van der Waals surface area (Å²) in [5.74, 6) is 0.852. The fourth-order valence-corrected chi connectivity index (χ4v) is 4.50.